The van der Waals surface area contributed by atoms with Crippen molar-refractivity contribution < 1.29 is 0 Å². The standard InChI is InChI=1S/C10H8N4S/c1-7-6-11-10(15-7)14-9-5-3-2-4-8(9)12-13-14/h2-6H,1H3. The second-order valence-corrected chi connectivity index (χ2v) is 4.46. The van der Waals surface area contributed by atoms with Gasteiger partial charge < -0.3 is 0 Å². The Labute approximate surface area is 90.2 Å². The number of nitrogens with zero attached hydrogens (tertiary/aromatic N) is 4. The minimum atomic E-state index is 0.862. The lowest BCUT2D eigenvalue weighted by Gasteiger charge is -1.94. The van der Waals surface area contributed by atoms with Crippen LogP contribution in [-0.2, 0) is 0 Å². The van der Waals surface area contributed by atoms with Gasteiger partial charge in [0.2, 0.25) is 5.13 Å². The number of para-hydroxylation sites is 1. The Morgan fingerprint density at radius 3 is 2.93 bits per heavy atom. The third kappa shape index (κ3) is 1.32. The van der Waals surface area contributed by atoms with E-state index >= 15 is 0 Å². The average molecular weight is 216 g/mol. The fraction of sp³-hybridized carbons (Fsp3) is 0.100. The van der Waals surface area contributed by atoms with Gasteiger partial charge in [0.25, 0.3) is 0 Å². The summed E-state index contributed by atoms with van der Waals surface area (Å²) < 4.78 is 1.77. The zero-order chi connectivity index (χ0) is 10.3. The van der Waals surface area contributed by atoms with Crippen LogP contribution in [0.2, 0.25) is 0 Å². The first-order valence-corrected chi connectivity index (χ1v) is 5.39. The third-order valence-corrected chi connectivity index (χ3v) is 3.03. The van der Waals surface area contributed by atoms with Crippen LogP contribution in [0.4, 0.5) is 0 Å². The Bertz CT molecular complexity index is 610. The van der Waals surface area contributed by atoms with Gasteiger partial charge in [0.15, 0.2) is 0 Å². The van der Waals surface area contributed by atoms with Crippen molar-refractivity contribution in [3.05, 3.63) is 35.3 Å². The average Bonchev–Trinajstić information content (AvgIpc) is 2.83. The third-order valence-electron chi connectivity index (χ3n) is 2.14. The number of hydrogen-bond acceptors (Lipinski definition) is 4. The highest BCUT2D eigenvalue weighted by atomic mass is 32.1. The summed E-state index contributed by atoms with van der Waals surface area (Å²) in [4.78, 5) is 5.46. The molecule has 0 aliphatic heterocycles. The van der Waals surface area contributed by atoms with E-state index in [9.17, 15) is 0 Å². The molecule has 0 bridgehead atoms. The lowest BCUT2D eigenvalue weighted by Crippen LogP contribution is -1.94. The number of fused-ring (bicyclic) bond motifs is 1. The predicted octanol–water partition coefficient (Wildman–Crippen LogP) is 2.19. The van der Waals surface area contributed by atoms with Gasteiger partial charge in [0, 0.05) is 11.1 Å². The SMILES string of the molecule is Cc1cnc(-n2nnc3ccccc32)s1. The number of aryl methyl sites for hydroxylation is 1. The molecule has 1 aromatic carbocycles. The van der Waals surface area contributed by atoms with Gasteiger partial charge in [0.1, 0.15) is 5.52 Å². The number of rotatable bonds is 1. The second kappa shape index (κ2) is 3.13. The van der Waals surface area contributed by atoms with E-state index in [4.69, 9.17) is 0 Å². The molecule has 0 spiro atoms. The smallest absolute Gasteiger partial charge is 0.212 e. The molecular weight excluding hydrogens is 208 g/mol. The fourth-order valence-corrected chi connectivity index (χ4v) is 2.17. The van der Waals surface area contributed by atoms with E-state index in [1.54, 1.807) is 16.0 Å². The molecule has 0 fully saturated rings. The fourth-order valence-electron chi connectivity index (χ4n) is 1.45. The first kappa shape index (κ1) is 8.55. The topological polar surface area (TPSA) is 43.6 Å². The van der Waals surface area contributed by atoms with Crippen LogP contribution in [0.15, 0.2) is 30.5 Å². The zero-order valence-electron chi connectivity index (χ0n) is 8.08. The van der Waals surface area contributed by atoms with Crippen LogP contribution in [0.5, 0.6) is 0 Å². The van der Waals surface area contributed by atoms with Gasteiger partial charge in [-0.2, -0.15) is 4.68 Å². The molecule has 2 heterocycles. The molecule has 0 saturated carbocycles. The van der Waals surface area contributed by atoms with Gasteiger partial charge in [-0.25, -0.2) is 4.98 Å². The summed E-state index contributed by atoms with van der Waals surface area (Å²) in [6, 6.07) is 7.86. The Kier molecular flexibility index (Phi) is 1.78. The van der Waals surface area contributed by atoms with E-state index in [1.807, 2.05) is 37.4 Å². The van der Waals surface area contributed by atoms with Crippen molar-refractivity contribution in [1.29, 1.82) is 0 Å². The highest BCUT2D eigenvalue weighted by Gasteiger charge is 2.07. The van der Waals surface area contributed by atoms with Gasteiger partial charge in [-0.1, -0.05) is 17.3 Å². The summed E-state index contributed by atoms with van der Waals surface area (Å²) in [6.07, 6.45) is 1.84. The van der Waals surface area contributed by atoms with Gasteiger partial charge >= 0.3 is 0 Å². The van der Waals surface area contributed by atoms with Crippen LogP contribution >= 0.6 is 11.3 Å². The Hall–Kier alpha value is -1.75. The quantitative estimate of drug-likeness (QED) is 0.626. The monoisotopic (exact) mass is 216 g/mol. The van der Waals surface area contributed by atoms with Crippen molar-refractivity contribution in [2.75, 3.05) is 0 Å². The van der Waals surface area contributed by atoms with Gasteiger partial charge in [-0.15, -0.1) is 16.4 Å². The van der Waals surface area contributed by atoms with E-state index in [-0.39, 0.29) is 0 Å². The van der Waals surface area contributed by atoms with Crippen LogP contribution in [0.25, 0.3) is 16.2 Å². The lowest BCUT2D eigenvalue weighted by atomic mass is 10.3. The summed E-state index contributed by atoms with van der Waals surface area (Å²) in [5.41, 5.74) is 1.89. The van der Waals surface area contributed by atoms with E-state index < -0.39 is 0 Å². The number of benzene rings is 1. The Balaban J connectivity index is 2.27. The molecule has 0 unspecified atom stereocenters. The van der Waals surface area contributed by atoms with Gasteiger partial charge in [-0.3, -0.25) is 0 Å². The van der Waals surface area contributed by atoms with Gasteiger partial charge in [-0.05, 0) is 19.1 Å². The van der Waals surface area contributed by atoms with E-state index in [1.165, 1.54) is 4.88 Å². The Morgan fingerprint density at radius 1 is 1.27 bits per heavy atom. The maximum Gasteiger partial charge on any atom is 0.212 e. The minimum absolute atomic E-state index is 0.862. The molecule has 4 nitrogen and oxygen atoms in total. The van der Waals surface area contributed by atoms with Crippen LogP contribution in [0, 0.1) is 6.92 Å². The van der Waals surface area contributed by atoms with E-state index in [0.29, 0.717) is 0 Å². The largest absolute Gasteiger partial charge is 0.227 e. The molecule has 0 aliphatic rings. The molecule has 3 rings (SSSR count). The second-order valence-electron chi connectivity index (χ2n) is 3.24. The lowest BCUT2D eigenvalue weighted by molar-refractivity contribution is 0.817. The molecule has 2 aromatic heterocycles. The molecule has 0 atom stereocenters. The highest BCUT2D eigenvalue weighted by Crippen LogP contribution is 2.19. The molecule has 15 heavy (non-hydrogen) atoms. The van der Waals surface area contributed by atoms with E-state index in [0.717, 1.165) is 16.2 Å². The predicted molar refractivity (Wildman–Crippen MR) is 59.3 cm³/mol. The van der Waals surface area contributed by atoms with Crippen LogP contribution < -0.4 is 0 Å². The summed E-state index contributed by atoms with van der Waals surface area (Å²) in [5.74, 6) is 0. The maximum atomic E-state index is 4.29. The summed E-state index contributed by atoms with van der Waals surface area (Å²) in [5, 5.41) is 9.04. The van der Waals surface area contributed by atoms with Crippen molar-refractivity contribution in [3.63, 3.8) is 0 Å². The molecule has 74 valence electrons. The first-order chi connectivity index (χ1) is 7.34. The maximum absolute atomic E-state index is 4.29. The molecule has 0 N–H and O–H groups in total. The normalized spacial score (nSPS) is 11.0. The molecule has 0 radical (unpaired) electrons. The zero-order valence-corrected chi connectivity index (χ0v) is 8.90. The van der Waals surface area contributed by atoms with Crippen LogP contribution in [0.3, 0.4) is 0 Å². The van der Waals surface area contributed by atoms with Gasteiger partial charge in [0.05, 0.1) is 5.52 Å². The van der Waals surface area contributed by atoms with E-state index in [2.05, 4.69) is 15.3 Å². The summed E-state index contributed by atoms with van der Waals surface area (Å²) in [6.45, 7) is 2.03. The molecule has 0 saturated heterocycles. The molecule has 0 amide bonds. The van der Waals surface area contributed by atoms with Crippen LogP contribution in [-0.4, -0.2) is 20.0 Å². The molecule has 3 aromatic rings. The summed E-state index contributed by atoms with van der Waals surface area (Å²) >= 11 is 1.61. The Morgan fingerprint density at radius 2 is 2.13 bits per heavy atom. The first-order valence-electron chi connectivity index (χ1n) is 4.58. The van der Waals surface area contributed by atoms with Crippen LogP contribution in [0.1, 0.15) is 4.88 Å². The van der Waals surface area contributed by atoms with Crippen molar-refractivity contribution in [1.82, 2.24) is 20.0 Å². The molecule has 0 aliphatic carbocycles. The number of thiazole rings is 1. The molecule has 5 heteroatoms. The van der Waals surface area contributed by atoms with Crippen molar-refractivity contribution in [2.24, 2.45) is 0 Å². The van der Waals surface area contributed by atoms with Crippen molar-refractivity contribution in [2.45, 2.75) is 6.92 Å². The number of hydrogen-bond donors (Lipinski definition) is 0. The van der Waals surface area contributed by atoms with Crippen molar-refractivity contribution in [3.8, 4) is 5.13 Å². The summed E-state index contributed by atoms with van der Waals surface area (Å²) in [7, 11) is 0. The minimum Gasteiger partial charge on any atom is -0.227 e. The number of aromatic nitrogens is 4. The van der Waals surface area contributed by atoms with Crippen molar-refractivity contribution >= 4 is 22.4 Å². The molecular formula is C10H8N4S. The highest BCUT2D eigenvalue weighted by molar-refractivity contribution is 7.14.